The molecular weight excluding hydrogens is 346 g/mol. The number of nitrogens with one attached hydrogen (secondary N) is 1. The molecule has 3 aromatic rings. The number of nitriles is 1. The van der Waals surface area contributed by atoms with E-state index in [1.165, 1.54) is 11.3 Å². The van der Waals surface area contributed by atoms with Gasteiger partial charge in [-0.15, -0.1) is 11.3 Å². The van der Waals surface area contributed by atoms with E-state index in [2.05, 4.69) is 17.2 Å². The molecule has 1 aromatic heterocycles. The second-order valence-electron chi connectivity index (χ2n) is 5.55. The average molecular weight is 363 g/mol. The van der Waals surface area contributed by atoms with Crippen molar-refractivity contribution in [3.63, 3.8) is 0 Å². The van der Waals surface area contributed by atoms with Crippen LogP contribution in [0.4, 0.5) is 5.13 Å². The van der Waals surface area contributed by atoms with E-state index in [9.17, 15) is 4.79 Å². The highest BCUT2D eigenvalue weighted by molar-refractivity contribution is 7.14. The van der Waals surface area contributed by atoms with E-state index in [-0.39, 0.29) is 5.91 Å². The van der Waals surface area contributed by atoms with E-state index < -0.39 is 0 Å². The number of rotatable bonds is 6. The summed E-state index contributed by atoms with van der Waals surface area (Å²) in [6.07, 6.45) is 0.968. The molecule has 0 aliphatic heterocycles. The third kappa shape index (κ3) is 4.26. The van der Waals surface area contributed by atoms with Crippen LogP contribution in [0.25, 0.3) is 11.3 Å². The summed E-state index contributed by atoms with van der Waals surface area (Å²) in [5, 5.41) is 14.0. The summed E-state index contributed by atoms with van der Waals surface area (Å²) in [6.45, 7) is 2.76. The van der Waals surface area contributed by atoms with Crippen molar-refractivity contribution in [3.8, 4) is 23.1 Å². The Morgan fingerprint density at radius 1 is 1.19 bits per heavy atom. The monoisotopic (exact) mass is 363 g/mol. The number of hydrogen-bond donors (Lipinski definition) is 1. The summed E-state index contributed by atoms with van der Waals surface area (Å²) in [4.78, 5) is 16.7. The van der Waals surface area contributed by atoms with Gasteiger partial charge in [0.05, 0.1) is 23.9 Å². The Morgan fingerprint density at radius 2 is 1.92 bits per heavy atom. The SMILES string of the molecule is CCCOc1ccc(-c2csc(NC(=O)c3ccc(C#N)cc3)n2)cc1. The molecule has 5 nitrogen and oxygen atoms in total. The third-order valence-corrected chi connectivity index (χ3v) is 4.38. The fourth-order valence-corrected chi connectivity index (χ4v) is 2.99. The molecule has 6 heteroatoms. The van der Waals surface area contributed by atoms with Gasteiger partial charge in [0.2, 0.25) is 0 Å². The number of anilines is 1. The number of hydrogen-bond acceptors (Lipinski definition) is 5. The minimum atomic E-state index is -0.251. The van der Waals surface area contributed by atoms with Crippen LogP contribution in [0, 0.1) is 11.3 Å². The Hall–Kier alpha value is -3.17. The maximum absolute atomic E-state index is 12.3. The molecule has 0 spiro atoms. The summed E-state index contributed by atoms with van der Waals surface area (Å²) in [5.74, 6) is 0.582. The smallest absolute Gasteiger partial charge is 0.257 e. The van der Waals surface area contributed by atoms with Gasteiger partial charge in [0.25, 0.3) is 5.91 Å². The molecule has 1 heterocycles. The van der Waals surface area contributed by atoms with Crippen LogP contribution in [0.3, 0.4) is 0 Å². The van der Waals surface area contributed by atoms with E-state index in [0.717, 1.165) is 23.4 Å². The molecule has 2 aromatic carbocycles. The van der Waals surface area contributed by atoms with Crippen LogP contribution < -0.4 is 10.1 Å². The standard InChI is InChI=1S/C20H17N3O2S/c1-2-11-25-17-9-7-15(8-10-17)18-13-26-20(22-18)23-19(24)16-5-3-14(12-21)4-6-16/h3-10,13H,2,11H2,1H3,(H,22,23,24). The number of ether oxygens (including phenoxy) is 1. The molecule has 3 rings (SSSR count). The Balaban J connectivity index is 1.67. The number of aromatic nitrogens is 1. The Bertz CT molecular complexity index is 925. The van der Waals surface area contributed by atoms with Crippen LogP contribution in [-0.2, 0) is 0 Å². The molecule has 0 atom stereocenters. The summed E-state index contributed by atoms with van der Waals surface area (Å²) in [7, 11) is 0. The zero-order valence-corrected chi connectivity index (χ0v) is 15.0. The fourth-order valence-electron chi connectivity index (χ4n) is 2.27. The number of thiazole rings is 1. The van der Waals surface area contributed by atoms with Gasteiger partial charge in [-0.25, -0.2) is 4.98 Å². The number of carbonyl (C=O) groups excluding carboxylic acids is 1. The van der Waals surface area contributed by atoms with E-state index >= 15 is 0 Å². The Kier molecular flexibility index (Phi) is 5.62. The summed E-state index contributed by atoms with van der Waals surface area (Å²) in [5.41, 5.74) is 2.76. The molecule has 0 saturated heterocycles. The third-order valence-electron chi connectivity index (χ3n) is 3.62. The van der Waals surface area contributed by atoms with Gasteiger partial charge in [-0.3, -0.25) is 10.1 Å². The van der Waals surface area contributed by atoms with Crippen LogP contribution in [0.2, 0.25) is 0 Å². The van der Waals surface area contributed by atoms with Crippen molar-refractivity contribution in [2.24, 2.45) is 0 Å². The predicted molar refractivity (Wildman–Crippen MR) is 102 cm³/mol. The van der Waals surface area contributed by atoms with Gasteiger partial charge in [0.15, 0.2) is 5.13 Å². The van der Waals surface area contributed by atoms with E-state index in [1.807, 2.05) is 35.7 Å². The normalized spacial score (nSPS) is 10.2. The van der Waals surface area contributed by atoms with E-state index in [1.54, 1.807) is 24.3 Å². The summed E-state index contributed by atoms with van der Waals surface area (Å²) < 4.78 is 5.57. The molecule has 130 valence electrons. The molecular formula is C20H17N3O2S. The second-order valence-corrected chi connectivity index (χ2v) is 6.41. The largest absolute Gasteiger partial charge is 0.494 e. The topological polar surface area (TPSA) is 75.0 Å². The quantitative estimate of drug-likeness (QED) is 0.687. The van der Waals surface area contributed by atoms with Crippen molar-refractivity contribution in [3.05, 3.63) is 65.0 Å². The zero-order chi connectivity index (χ0) is 18.4. The van der Waals surface area contributed by atoms with Crippen LogP contribution >= 0.6 is 11.3 Å². The van der Waals surface area contributed by atoms with E-state index in [4.69, 9.17) is 10.00 Å². The van der Waals surface area contributed by atoms with Gasteiger partial charge >= 0.3 is 0 Å². The molecule has 1 amide bonds. The van der Waals surface area contributed by atoms with Crippen molar-refractivity contribution < 1.29 is 9.53 Å². The Morgan fingerprint density at radius 3 is 2.58 bits per heavy atom. The fraction of sp³-hybridized carbons (Fsp3) is 0.150. The maximum atomic E-state index is 12.3. The van der Waals surface area contributed by atoms with E-state index in [0.29, 0.717) is 22.9 Å². The van der Waals surface area contributed by atoms with Crippen molar-refractivity contribution in [2.75, 3.05) is 11.9 Å². The lowest BCUT2D eigenvalue weighted by atomic mass is 10.1. The number of nitrogens with zero attached hydrogens (tertiary/aromatic N) is 2. The number of amides is 1. The average Bonchev–Trinajstić information content (AvgIpc) is 3.15. The van der Waals surface area contributed by atoms with Crippen LogP contribution in [0.1, 0.15) is 29.3 Å². The first-order valence-corrected chi connectivity index (χ1v) is 9.08. The van der Waals surface area contributed by atoms with Gasteiger partial charge in [0, 0.05) is 16.5 Å². The van der Waals surface area contributed by atoms with Gasteiger partial charge in [-0.05, 0) is 55.0 Å². The van der Waals surface area contributed by atoms with Crippen LogP contribution in [0.5, 0.6) is 5.75 Å². The van der Waals surface area contributed by atoms with Gasteiger partial charge < -0.3 is 4.74 Å². The number of benzene rings is 2. The first-order valence-electron chi connectivity index (χ1n) is 8.20. The molecule has 0 fully saturated rings. The highest BCUT2D eigenvalue weighted by atomic mass is 32.1. The first kappa shape index (κ1) is 17.6. The lowest BCUT2D eigenvalue weighted by molar-refractivity contribution is 0.102. The van der Waals surface area contributed by atoms with Crippen LogP contribution in [0.15, 0.2) is 53.9 Å². The lowest BCUT2D eigenvalue weighted by Gasteiger charge is -2.04. The van der Waals surface area contributed by atoms with Gasteiger partial charge in [-0.2, -0.15) is 5.26 Å². The molecule has 0 unspecified atom stereocenters. The molecule has 1 N–H and O–H groups in total. The second kappa shape index (κ2) is 8.28. The summed E-state index contributed by atoms with van der Waals surface area (Å²) >= 11 is 1.37. The summed E-state index contributed by atoms with van der Waals surface area (Å²) in [6, 6.07) is 16.2. The predicted octanol–water partition coefficient (Wildman–Crippen LogP) is 4.72. The zero-order valence-electron chi connectivity index (χ0n) is 14.2. The number of carbonyl (C=O) groups is 1. The minimum absolute atomic E-state index is 0.251. The van der Waals surface area contributed by atoms with Crippen LogP contribution in [-0.4, -0.2) is 17.5 Å². The molecule has 0 bridgehead atoms. The Labute approximate surface area is 155 Å². The van der Waals surface area contributed by atoms with Crippen molar-refractivity contribution in [1.29, 1.82) is 5.26 Å². The molecule has 0 saturated carbocycles. The molecule has 26 heavy (non-hydrogen) atoms. The highest BCUT2D eigenvalue weighted by Crippen LogP contribution is 2.27. The van der Waals surface area contributed by atoms with Crippen molar-refractivity contribution in [1.82, 2.24) is 4.98 Å². The first-order chi connectivity index (χ1) is 12.7. The van der Waals surface area contributed by atoms with Gasteiger partial charge in [-0.1, -0.05) is 6.92 Å². The highest BCUT2D eigenvalue weighted by Gasteiger charge is 2.10. The minimum Gasteiger partial charge on any atom is -0.494 e. The maximum Gasteiger partial charge on any atom is 0.257 e. The van der Waals surface area contributed by atoms with Crippen molar-refractivity contribution in [2.45, 2.75) is 13.3 Å². The van der Waals surface area contributed by atoms with Crippen molar-refractivity contribution >= 4 is 22.4 Å². The molecule has 0 aliphatic rings. The molecule has 0 aliphatic carbocycles. The molecule has 0 radical (unpaired) electrons. The van der Waals surface area contributed by atoms with Gasteiger partial charge in [0.1, 0.15) is 5.75 Å². The lowest BCUT2D eigenvalue weighted by Crippen LogP contribution is -2.11.